The number of guanidine groups is 2. The first-order valence-electron chi connectivity index (χ1n) is 9.39. The van der Waals surface area contributed by atoms with Gasteiger partial charge in [0, 0.05) is 19.5 Å². The van der Waals surface area contributed by atoms with Crippen molar-refractivity contribution >= 4 is 18.0 Å². The van der Waals surface area contributed by atoms with Crippen LogP contribution >= 0.6 is 0 Å². The number of hydrogen-bond acceptors (Lipinski definition) is 10. The molecule has 11 nitrogen and oxygen atoms in total. The molecule has 0 bridgehead atoms. The van der Waals surface area contributed by atoms with Crippen LogP contribution in [0.4, 0.5) is 4.79 Å². The molecule has 1 saturated heterocycles. The molecule has 0 aromatic rings. The highest BCUT2D eigenvalue weighted by Gasteiger charge is 2.69. The monoisotopic (exact) mass is 383 g/mol. The third-order valence-corrected chi connectivity index (χ3v) is 5.37. The number of ether oxygens (including phenoxy) is 1. The number of unbranched alkanes of at least 4 members (excludes halogenated alkanes) is 3. The highest BCUT2D eigenvalue weighted by molar-refractivity contribution is 5.87. The van der Waals surface area contributed by atoms with Gasteiger partial charge < -0.3 is 42.0 Å². The van der Waals surface area contributed by atoms with E-state index in [2.05, 4.69) is 27.5 Å². The second-order valence-corrected chi connectivity index (χ2v) is 7.21. The molecule has 27 heavy (non-hydrogen) atoms. The zero-order chi connectivity index (χ0) is 19.7. The van der Waals surface area contributed by atoms with Gasteiger partial charge in [-0.2, -0.15) is 0 Å². The minimum absolute atomic E-state index is 0.0569. The first kappa shape index (κ1) is 19.5. The Morgan fingerprint density at radius 2 is 2.15 bits per heavy atom. The lowest BCUT2D eigenvalue weighted by Gasteiger charge is -2.48. The Hall–Kier alpha value is -2.27. The summed E-state index contributed by atoms with van der Waals surface area (Å²) in [5, 5.41) is 26.7. The molecular formula is C16H29N7O4. The highest BCUT2D eigenvalue weighted by Crippen LogP contribution is 2.44. The molecule has 1 fully saturated rings. The molecule has 3 heterocycles. The topological polar surface area (TPSA) is 171 Å². The van der Waals surface area contributed by atoms with Crippen molar-refractivity contribution in [3.8, 4) is 0 Å². The standard InChI is InChI=1S/C16H29N7O4/c1-2-3-4-5-7-19-14(24)27-9-10-11-16(22-12(17)21-11)15(25,26)6-8-23(16)13(18)20-10/h10-11,25-26H,2-9H2,1H3,(H2,18,20)(H,19,24)(H3,17,21,22)/t10-,11-,16-/m0/s1. The molecule has 1 spiro atoms. The molecule has 11 heteroatoms. The van der Waals surface area contributed by atoms with Crippen LogP contribution in [0.3, 0.4) is 0 Å². The summed E-state index contributed by atoms with van der Waals surface area (Å²) in [6, 6.07) is -1.43. The van der Waals surface area contributed by atoms with Gasteiger partial charge in [-0.3, -0.25) is 0 Å². The number of rotatable bonds is 7. The van der Waals surface area contributed by atoms with Crippen molar-refractivity contribution in [1.29, 1.82) is 0 Å². The summed E-state index contributed by atoms with van der Waals surface area (Å²) in [4.78, 5) is 22.1. The largest absolute Gasteiger partial charge is 0.447 e. The quantitative estimate of drug-likeness (QED) is 0.224. The van der Waals surface area contributed by atoms with Gasteiger partial charge in [0.15, 0.2) is 17.6 Å². The maximum absolute atomic E-state index is 11.9. The van der Waals surface area contributed by atoms with Crippen LogP contribution in [-0.4, -0.2) is 76.4 Å². The van der Waals surface area contributed by atoms with E-state index in [9.17, 15) is 15.0 Å². The lowest BCUT2D eigenvalue weighted by molar-refractivity contribution is -0.221. The number of carbonyl (C=O) groups excluding carboxylic acids is 1. The molecule has 1 amide bonds. The SMILES string of the molecule is CCCCCCNC(=O)OC[C@@H]1N=C(N)N2CCC(O)(O)[C@@]23NC(N)=N[C@@H]13. The second kappa shape index (κ2) is 7.39. The van der Waals surface area contributed by atoms with Gasteiger partial charge in [0.1, 0.15) is 18.7 Å². The number of nitrogens with two attached hydrogens (primary N) is 2. The summed E-state index contributed by atoms with van der Waals surface area (Å²) in [6.07, 6.45) is 3.70. The van der Waals surface area contributed by atoms with Crippen LogP contribution in [0.15, 0.2) is 9.98 Å². The van der Waals surface area contributed by atoms with Crippen molar-refractivity contribution in [2.45, 2.75) is 62.6 Å². The summed E-state index contributed by atoms with van der Waals surface area (Å²) >= 11 is 0. The average Bonchev–Trinajstić information content (AvgIpc) is 3.10. The Morgan fingerprint density at radius 1 is 1.37 bits per heavy atom. The van der Waals surface area contributed by atoms with Gasteiger partial charge in [0.05, 0.1) is 0 Å². The molecule has 0 radical (unpaired) electrons. The molecular weight excluding hydrogens is 354 g/mol. The van der Waals surface area contributed by atoms with E-state index in [1.807, 2.05) is 0 Å². The predicted molar refractivity (Wildman–Crippen MR) is 98.7 cm³/mol. The molecule has 3 aliphatic rings. The van der Waals surface area contributed by atoms with Crippen LogP contribution in [0.5, 0.6) is 0 Å². The molecule has 3 aliphatic heterocycles. The van der Waals surface area contributed by atoms with Crippen molar-refractivity contribution in [2.24, 2.45) is 21.5 Å². The van der Waals surface area contributed by atoms with E-state index < -0.39 is 29.6 Å². The molecule has 3 rings (SSSR count). The Balaban J connectivity index is 1.63. The molecule has 0 aromatic carbocycles. The fourth-order valence-corrected chi connectivity index (χ4v) is 4.01. The summed E-state index contributed by atoms with van der Waals surface area (Å²) in [5.41, 5.74) is 10.4. The smallest absolute Gasteiger partial charge is 0.407 e. The summed E-state index contributed by atoms with van der Waals surface area (Å²) in [7, 11) is 0. The van der Waals surface area contributed by atoms with E-state index >= 15 is 0 Å². The van der Waals surface area contributed by atoms with E-state index in [0.717, 1.165) is 25.7 Å². The molecule has 8 N–H and O–H groups in total. The first-order chi connectivity index (χ1) is 12.8. The molecule has 3 atom stereocenters. The maximum atomic E-state index is 11.9. The number of alkyl carbamates (subject to hydrolysis) is 1. The fraction of sp³-hybridized carbons (Fsp3) is 0.812. The first-order valence-corrected chi connectivity index (χ1v) is 9.39. The van der Waals surface area contributed by atoms with Crippen molar-refractivity contribution in [3.63, 3.8) is 0 Å². The van der Waals surface area contributed by atoms with Crippen LogP contribution in [-0.2, 0) is 4.74 Å². The highest BCUT2D eigenvalue weighted by atomic mass is 16.5. The lowest BCUT2D eigenvalue weighted by atomic mass is 9.87. The summed E-state index contributed by atoms with van der Waals surface area (Å²) in [5.74, 6) is -1.92. The number of carbonyl (C=O) groups is 1. The molecule has 0 unspecified atom stereocenters. The van der Waals surface area contributed by atoms with Crippen LogP contribution < -0.4 is 22.1 Å². The van der Waals surface area contributed by atoms with E-state index in [4.69, 9.17) is 16.2 Å². The number of hydrogen-bond donors (Lipinski definition) is 6. The molecule has 152 valence electrons. The normalized spacial score (nSPS) is 30.7. The summed E-state index contributed by atoms with van der Waals surface area (Å²) in [6.45, 7) is 2.85. The van der Waals surface area contributed by atoms with E-state index in [1.165, 1.54) is 0 Å². The number of nitrogens with one attached hydrogen (secondary N) is 2. The molecule has 0 aromatic heterocycles. The van der Waals surface area contributed by atoms with Crippen LogP contribution in [0.1, 0.15) is 39.0 Å². The van der Waals surface area contributed by atoms with Crippen LogP contribution in [0, 0.1) is 0 Å². The second-order valence-electron chi connectivity index (χ2n) is 7.21. The summed E-state index contributed by atoms with van der Waals surface area (Å²) < 4.78 is 5.26. The third-order valence-electron chi connectivity index (χ3n) is 5.37. The molecule has 0 saturated carbocycles. The Kier molecular flexibility index (Phi) is 5.33. The fourth-order valence-electron chi connectivity index (χ4n) is 4.01. The minimum atomic E-state index is -2.11. The van der Waals surface area contributed by atoms with Gasteiger partial charge in [-0.15, -0.1) is 0 Å². The van der Waals surface area contributed by atoms with Crippen molar-refractivity contribution < 1.29 is 19.7 Å². The van der Waals surface area contributed by atoms with Crippen LogP contribution in [0.25, 0.3) is 0 Å². The van der Waals surface area contributed by atoms with E-state index in [-0.39, 0.29) is 24.9 Å². The van der Waals surface area contributed by atoms with Gasteiger partial charge in [-0.25, -0.2) is 14.8 Å². The third kappa shape index (κ3) is 3.36. The van der Waals surface area contributed by atoms with E-state index in [0.29, 0.717) is 13.1 Å². The Labute approximate surface area is 157 Å². The van der Waals surface area contributed by atoms with Crippen molar-refractivity contribution in [1.82, 2.24) is 15.5 Å². The maximum Gasteiger partial charge on any atom is 0.407 e. The Morgan fingerprint density at radius 3 is 2.89 bits per heavy atom. The number of aliphatic hydroxyl groups is 2. The number of amides is 1. The van der Waals surface area contributed by atoms with Gasteiger partial charge >= 0.3 is 6.09 Å². The van der Waals surface area contributed by atoms with Gasteiger partial charge in [0.25, 0.3) is 0 Å². The number of aliphatic imine (C=N–C) groups is 2. The lowest BCUT2D eigenvalue weighted by Crippen LogP contribution is -2.76. The zero-order valence-electron chi connectivity index (χ0n) is 15.5. The van der Waals surface area contributed by atoms with Gasteiger partial charge in [-0.05, 0) is 6.42 Å². The number of nitrogens with zero attached hydrogens (tertiary/aromatic N) is 3. The van der Waals surface area contributed by atoms with Crippen molar-refractivity contribution in [2.75, 3.05) is 19.7 Å². The average molecular weight is 383 g/mol. The van der Waals surface area contributed by atoms with Crippen LogP contribution in [0.2, 0.25) is 0 Å². The minimum Gasteiger partial charge on any atom is -0.447 e. The van der Waals surface area contributed by atoms with Crippen molar-refractivity contribution in [3.05, 3.63) is 0 Å². The predicted octanol–water partition coefficient (Wildman–Crippen LogP) is -1.64. The van der Waals surface area contributed by atoms with E-state index in [1.54, 1.807) is 4.90 Å². The Bertz CT molecular complexity index is 638. The van der Waals surface area contributed by atoms with Gasteiger partial charge in [0.2, 0.25) is 5.79 Å². The molecule has 0 aliphatic carbocycles. The zero-order valence-corrected chi connectivity index (χ0v) is 15.5. The van der Waals surface area contributed by atoms with Gasteiger partial charge in [-0.1, -0.05) is 26.2 Å².